The van der Waals surface area contributed by atoms with Gasteiger partial charge in [0.1, 0.15) is 17.1 Å². The van der Waals surface area contributed by atoms with Crippen LogP contribution in [0.25, 0.3) is 22.2 Å². The molecule has 0 spiro atoms. The molecule has 3 aromatic rings. The number of fused-ring (bicyclic) bond motifs is 1. The number of H-pyrrole nitrogens is 1. The SMILES string of the molecule is N#Cc1ccccc1-c1c[nH]c2ncnc(Cl)c12. The van der Waals surface area contributed by atoms with Crippen LogP contribution in [0.1, 0.15) is 5.56 Å². The lowest BCUT2D eigenvalue weighted by Gasteiger charge is -2.02. The summed E-state index contributed by atoms with van der Waals surface area (Å²) in [4.78, 5) is 11.1. The van der Waals surface area contributed by atoms with E-state index in [1.165, 1.54) is 6.33 Å². The Labute approximate surface area is 108 Å². The van der Waals surface area contributed by atoms with E-state index in [-0.39, 0.29) is 0 Å². The molecular formula is C13H7ClN4. The van der Waals surface area contributed by atoms with Crippen LogP contribution in [-0.2, 0) is 0 Å². The van der Waals surface area contributed by atoms with Gasteiger partial charge in [0.2, 0.25) is 0 Å². The average molecular weight is 255 g/mol. The molecule has 0 amide bonds. The maximum atomic E-state index is 9.13. The van der Waals surface area contributed by atoms with Gasteiger partial charge in [0, 0.05) is 17.3 Å². The van der Waals surface area contributed by atoms with E-state index in [0.717, 1.165) is 16.5 Å². The summed E-state index contributed by atoms with van der Waals surface area (Å²) in [7, 11) is 0. The molecule has 2 aromatic heterocycles. The van der Waals surface area contributed by atoms with Crippen LogP contribution in [0.3, 0.4) is 0 Å². The number of nitrogens with one attached hydrogen (secondary N) is 1. The van der Waals surface area contributed by atoms with Crippen LogP contribution >= 0.6 is 11.6 Å². The molecule has 0 atom stereocenters. The summed E-state index contributed by atoms with van der Waals surface area (Å²) < 4.78 is 0. The average Bonchev–Trinajstić information content (AvgIpc) is 2.84. The van der Waals surface area contributed by atoms with Gasteiger partial charge in [-0.15, -0.1) is 0 Å². The van der Waals surface area contributed by atoms with E-state index in [0.29, 0.717) is 16.4 Å². The van der Waals surface area contributed by atoms with E-state index in [2.05, 4.69) is 21.0 Å². The van der Waals surface area contributed by atoms with E-state index >= 15 is 0 Å². The van der Waals surface area contributed by atoms with Gasteiger partial charge in [-0.1, -0.05) is 29.8 Å². The minimum Gasteiger partial charge on any atom is -0.345 e. The molecule has 1 aromatic carbocycles. The van der Waals surface area contributed by atoms with Crippen LogP contribution in [0, 0.1) is 11.3 Å². The van der Waals surface area contributed by atoms with Crippen molar-refractivity contribution in [1.82, 2.24) is 15.0 Å². The molecule has 86 valence electrons. The monoisotopic (exact) mass is 254 g/mol. The van der Waals surface area contributed by atoms with Gasteiger partial charge in [-0.25, -0.2) is 9.97 Å². The van der Waals surface area contributed by atoms with E-state index in [1.807, 2.05) is 18.2 Å². The normalized spacial score (nSPS) is 10.4. The molecule has 0 aliphatic heterocycles. The Kier molecular flexibility index (Phi) is 2.47. The molecule has 5 heteroatoms. The highest BCUT2D eigenvalue weighted by molar-refractivity contribution is 6.35. The third-order valence-electron chi connectivity index (χ3n) is 2.76. The lowest BCUT2D eigenvalue weighted by atomic mass is 10.0. The summed E-state index contributed by atoms with van der Waals surface area (Å²) in [5.41, 5.74) is 2.92. The second-order valence-corrected chi connectivity index (χ2v) is 4.11. The number of hydrogen-bond acceptors (Lipinski definition) is 3. The van der Waals surface area contributed by atoms with Crippen molar-refractivity contribution in [2.75, 3.05) is 0 Å². The third-order valence-corrected chi connectivity index (χ3v) is 3.05. The summed E-state index contributed by atoms with van der Waals surface area (Å²) in [6.45, 7) is 0. The number of nitriles is 1. The Morgan fingerprint density at radius 3 is 2.83 bits per heavy atom. The Morgan fingerprint density at radius 1 is 1.17 bits per heavy atom. The van der Waals surface area contributed by atoms with Gasteiger partial charge in [-0.05, 0) is 6.07 Å². The fourth-order valence-corrected chi connectivity index (χ4v) is 2.19. The molecule has 18 heavy (non-hydrogen) atoms. The summed E-state index contributed by atoms with van der Waals surface area (Å²) in [6.07, 6.45) is 3.20. The van der Waals surface area contributed by atoms with Crippen molar-refractivity contribution < 1.29 is 0 Å². The van der Waals surface area contributed by atoms with E-state index in [4.69, 9.17) is 16.9 Å². The number of halogens is 1. The third kappa shape index (κ3) is 1.53. The van der Waals surface area contributed by atoms with Gasteiger partial charge in [-0.2, -0.15) is 5.26 Å². The highest BCUT2D eigenvalue weighted by atomic mass is 35.5. The smallest absolute Gasteiger partial charge is 0.142 e. The molecule has 0 bridgehead atoms. The quantitative estimate of drug-likeness (QED) is 0.679. The van der Waals surface area contributed by atoms with Gasteiger partial charge in [-0.3, -0.25) is 0 Å². The van der Waals surface area contributed by atoms with Crippen molar-refractivity contribution in [2.24, 2.45) is 0 Å². The zero-order valence-corrected chi connectivity index (χ0v) is 9.94. The largest absolute Gasteiger partial charge is 0.345 e. The first-order chi connectivity index (χ1) is 8.81. The lowest BCUT2D eigenvalue weighted by molar-refractivity contribution is 1.20. The predicted octanol–water partition coefficient (Wildman–Crippen LogP) is 3.15. The van der Waals surface area contributed by atoms with E-state index < -0.39 is 0 Å². The standard InChI is InChI=1S/C13H7ClN4/c14-12-11-10(6-16-13(11)18-7-17-12)9-4-2-1-3-8(9)5-15/h1-4,6-7H,(H,16,17,18). The molecule has 0 unspecified atom stereocenters. The topological polar surface area (TPSA) is 65.4 Å². The highest BCUT2D eigenvalue weighted by Crippen LogP contribution is 2.33. The van der Waals surface area contributed by atoms with Crippen LogP contribution in [0.15, 0.2) is 36.8 Å². The van der Waals surface area contributed by atoms with Gasteiger partial charge in [0.15, 0.2) is 0 Å². The number of nitrogens with zero attached hydrogens (tertiary/aromatic N) is 3. The molecule has 0 saturated heterocycles. The van der Waals surface area contributed by atoms with E-state index in [9.17, 15) is 0 Å². The van der Waals surface area contributed by atoms with Crippen LogP contribution < -0.4 is 0 Å². The van der Waals surface area contributed by atoms with Crippen molar-refractivity contribution in [3.05, 3.63) is 47.5 Å². The molecule has 0 aliphatic rings. The van der Waals surface area contributed by atoms with Crippen LogP contribution in [-0.4, -0.2) is 15.0 Å². The summed E-state index contributed by atoms with van der Waals surface area (Å²) in [5.74, 6) is 0. The molecule has 0 saturated carbocycles. The first kappa shape index (κ1) is 10.8. The van der Waals surface area contributed by atoms with Crippen molar-refractivity contribution >= 4 is 22.6 Å². The first-order valence-corrected chi connectivity index (χ1v) is 5.66. The van der Waals surface area contributed by atoms with Crippen molar-refractivity contribution in [1.29, 1.82) is 5.26 Å². The highest BCUT2D eigenvalue weighted by Gasteiger charge is 2.13. The number of hydrogen-bond donors (Lipinski definition) is 1. The maximum Gasteiger partial charge on any atom is 0.142 e. The van der Waals surface area contributed by atoms with Crippen LogP contribution in [0.2, 0.25) is 5.15 Å². The lowest BCUT2D eigenvalue weighted by Crippen LogP contribution is -1.85. The second kappa shape index (κ2) is 4.13. The molecule has 0 radical (unpaired) electrons. The maximum absolute atomic E-state index is 9.13. The van der Waals surface area contributed by atoms with Crippen molar-refractivity contribution in [3.8, 4) is 17.2 Å². The minimum absolute atomic E-state index is 0.379. The Morgan fingerprint density at radius 2 is 2.00 bits per heavy atom. The number of aromatic nitrogens is 3. The van der Waals surface area contributed by atoms with Crippen molar-refractivity contribution in [3.63, 3.8) is 0 Å². The molecular weight excluding hydrogens is 248 g/mol. The minimum atomic E-state index is 0.379. The number of aromatic amines is 1. The fourth-order valence-electron chi connectivity index (χ4n) is 1.95. The zero-order chi connectivity index (χ0) is 12.5. The number of rotatable bonds is 1. The summed E-state index contributed by atoms with van der Waals surface area (Å²) >= 11 is 6.09. The predicted molar refractivity (Wildman–Crippen MR) is 69.0 cm³/mol. The van der Waals surface area contributed by atoms with Gasteiger partial charge in [0.25, 0.3) is 0 Å². The molecule has 4 nitrogen and oxygen atoms in total. The van der Waals surface area contributed by atoms with Crippen molar-refractivity contribution in [2.45, 2.75) is 0 Å². The summed E-state index contributed by atoms with van der Waals surface area (Å²) in [5, 5.41) is 10.3. The second-order valence-electron chi connectivity index (χ2n) is 3.75. The first-order valence-electron chi connectivity index (χ1n) is 5.28. The Hall–Kier alpha value is -2.38. The van der Waals surface area contributed by atoms with Crippen LogP contribution in [0.5, 0.6) is 0 Å². The van der Waals surface area contributed by atoms with E-state index in [1.54, 1.807) is 12.3 Å². The van der Waals surface area contributed by atoms with Gasteiger partial charge >= 0.3 is 0 Å². The molecule has 0 fully saturated rings. The fraction of sp³-hybridized carbons (Fsp3) is 0. The zero-order valence-electron chi connectivity index (χ0n) is 9.18. The van der Waals surface area contributed by atoms with Crippen LogP contribution in [0.4, 0.5) is 0 Å². The summed E-state index contributed by atoms with van der Waals surface area (Å²) in [6, 6.07) is 9.53. The van der Waals surface area contributed by atoms with Gasteiger partial charge < -0.3 is 4.98 Å². The Balaban J connectivity index is 2.37. The molecule has 1 N–H and O–H groups in total. The molecule has 3 rings (SSSR count). The number of benzene rings is 1. The molecule has 0 aliphatic carbocycles. The molecule has 2 heterocycles. The van der Waals surface area contributed by atoms with Gasteiger partial charge in [0.05, 0.1) is 17.0 Å². The Bertz CT molecular complexity index is 770.